The Morgan fingerprint density at radius 1 is 0.857 bits per heavy atom. The third-order valence-corrected chi connectivity index (χ3v) is 4.20. The van der Waals surface area contributed by atoms with Crippen molar-refractivity contribution >= 4 is 34.1 Å². The van der Waals surface area contributed by atoms with Crippen molar-refractivity contribution in [3.63, 3.8) is 0 Å². The molecule has 0 saturated heterocycles. The largest absolute Gasteiger partial charge is 0.459 e. The quantitative estimate of drug-likeness (QED) is 0.0945. The van der Waals surface area contributed by atoms with Crippen molar-refractivity contribution in [3.8, 4) is 0 Å². The van der Waals surface area contributed by atoms with Crippen molar-refractivity contribution in [3.05, 3.63) is 0 Å². The maximum absolute atomic E-state index is 13.6. The van der Waals surface area contributed by atoms with Crippen LogP contribution >= 0.6 is 12.0 Å². The molecule has 20 heteroatoms. The van der Waals surface area contributed by atoms with E-state index in [1.54, 1.807) is 0 Å². The van der Waals surface area contributed by atoms with Crippen LogP contribution in [-0.4, -0.2) is 65.7 Å². The number of carbonyl (C=O) groups excluding carboxylic acids is 2. The summed E-state index contributed by atoms with van der Waals surface area (Å²) in [5.41, 5.74) is 0. The van der Waals surface area contributed by atoms with E-state index in [0.717, 1.165) is 0 Å². The summed E-state index contributed by atoms with van der Waals surface area (Å²) in [6.45, 7) is -3.33. The van der Waals surface area contributed by atoms with Gasteiger partial charge in [0.2, 0.25) is 0 Å². The Kier molecular flexibility index (Phi) is 8.43. The van der Waals surface area contributed by atoms with Crippen LogP contribution in [0.5, 0.6) is 0 Å². The molecule has 2 N–H and O–H groups in total. The highest BCUT2D eigenvalue weighted by Crippen LogP contribution is 2.44. The lowest BCUT2D eigenvalue weighted by molar-refractivity contribution is -0.433. The van der Waals surface area contributed by atoms with Crippen molar-refractivity contribution in [2.75, 3.05) is 13.2 Å². The Balaban J connectivity index is 5.06. The predicted octanol–water partition coefficient (Wildman–Crippen LogP) is 1.49. The first kappa shape index (κ1) is 26.5. The van der Waals surface area contributed by atoms with Gasteiger partial charge in [-0.1, -0.05) is 5.04 Å². The maximum atomic E-state index is 13.6. The number of carbonyl (C=O) groups is 2. The van der Waals surface area contributed by atoms with Crippen molar-refractivity contribution in [1.29, 1.82) is 0 Å². The van der Waals surface area contributed by atoms with Gasteiger partial charge in [0.15, 0.2) is 0 Å². The van der Waals surface area contributed by atoms with E-state index in [9.17, 15) is 53.1 Å². The number of halogens is 8. The Labute approximate surface area is 152 Å². The van der Waals surface area contributed by atoms with Crippen molar-refractivity contribution in [2.45, 2.75) is 22.4 Å². The fraction of sp³-hybridized carbons (Fsp3) is 0.750. The second kappa shape index (κ2) is 8.90. The van der Waals surface area contributed by atoms with Crippen LogP contribution in [0.25, 0.3) is 0 Å². The molecule has 0 rings (SSSR count). The number of hydrogen-bond donors (Lipinski definition) is 2. The van der Waals surface area contributed by atoms with Crippen molar-refractivity contribution in [1.82, 2.24) is 0 Å². The predicted molar refractivity (Wildman–Crippen MR) is 65.6 cm³/mol. The first-order valence-electron chi connectivity index (χ1n) is 5.85. The second-order valence-corrected chi connectivity index (χ2v) is 6.54. The summed E-state index contributed by atoms with van der Waals surface area (Å²) >= 11 is -1.45. The molecule has 0 bridgehead atoms. The van der Waals surface area contributed by atoms with Gasteiger partial charge < -0.3 is 9.47 Å². The summed E-state index contributed by atoms with van der Waals surface area (Å²) in [7, 11) is -6.77. The number of rotatable bonds is 9. The van der Waals surface area contributed by atoms with Gasteiger partial charge >= 0.3 is 44.4 Å². The lowest BCUT2D eigenvalue weighted by Crippen LogP contribution is -2.55. The first-order chi connectivity index (χ1) is 12.4. The van der Waals surface area contributed by atoms with Crippen LogP contribution in [0.1, 0.15) is 0 Å². The number of hydrogen-bond acceptors (Lipinski definition) is 10. The standard InChI is InChI=1S/C8H6F8O10S2/c9-5(7(11,12)13,27-26-25-19)3(17)23-1-2-24-4(18)6(10,8(14,15)16)28(20,21)22/h19H,1-2H2,(H,20,21,22). The molecule has 0 fully saturated rings. The normalized spacial score (nSPS) is 17.4. The minimum Gasteiger partial charge on any atom is -0.459 e. The third kappa shape index (κ3) is 5.53. The van der Waals surface area contributed by atoms with E-state index >= 15 is 0 Å². The van der Waals surface area contributed by atoms with Crippen LogP contribution in [0.4, 0.5) is 35.1 Å². The average molecular weight is 478 g/mol. The SMILES string of the molecule is O=C(OCCOC(=O)C(F)(C(F)(F)F)S(=O)(=O)O)C(F)(SOOO)C(F)(F)F. The second-order valence-electron chi connectivity index (χ2n) is 4.16. The summed E-state index contributed by atoms with van der Waals surface area (Å²) in [5, 5.41) is -0.659. The molecule has 0 aliphatic carbocycles. The van der Waals surface area contributed by atoms with Gasteiger partial charge in [-0.2, -0.15) is 34.8 Å². The van der Waals surface area contributed by atoms with Gasteiger partial charge in [-0.25, -0.2) is 23.6 Å². The minimum absolute atomic E-state index is 1.45. The van der Waals surface area contributed by atoms with E-state index in [4.69, 9.17) is 9.81 Å². The van der Waals surface area contributed by atoms with Crippen LogP contribution < -0.4 is 0 Å². The van der Waals surface area contributed by atoms with Gasteiger partial charge in [0.25, 0.3) is 0 Å². The molecule has 0 aromatic carbocycles. The highest BCUT2D eigenvalue weighted by Gasteiger charge is 2.72. The fourth-order valence-electron chi connectivity index (χ4n) is 1.08. The molecule has 10 nitrogen and oxygen atoms in total. The van der Waals surface area contributed by atoms with Gasteiger partial charge in [-0.05, 0) is 0 Å². The third-order valence-electron chi connectivity index (χ3n) is 2.34. The topological polar surface area (TPSA) is 146 Å². The van der Waals surface area contributed by atoms with Crippen molar-refractivity contribution < 1.29 is 81.8 Å². The molecule has 0 aromatic rings. The van der Waals surface area contributed by atoms with Gasteiger partial charge in [-0.3, -0.25) is 4.55 Å². The Bertz CT molecular complexity index is 678. The number of ether oxygens (including phenoxy) is 2. The van der Waals surface area contributed by atoms with E-state index in [0.29, 0.717) is 0 Å². The Hall–Kier alpha value is -1.48. The molecular formula is C8H6F8O10S2. The molecule has 0 aromatic heterocycles. The number of esters is 2. The maximum Gasteiger partial charge on any atom is 0.451 e. The molecular weight excluding hydrogens is 472 g/mol. The molecule has 0 heterocycles. The molecule has 0 spiro atoms. The summed E-state index contributed by atoms with van der Waals surface area (Å²) in [6, 6.07) is 0. The zero-order chi connectivity index (χ0) is 22.6. The molecule has 28 heavy (non-hydrogen) atoms. The van der Waals surface area contributed by atoms with Gasteiger partial charge in [0.1, 0.15) is 13.2 Å². The highest BCUT2D eigenvalue weighted by molar-refractivity contribution is 7.96. The van der Waals surface area contributed by atoms with Gasteiger partial charge in [0.05, 0.1) is 12.0 Å². The molecule has 0 radical (unpaired) electrons. The molecule has 166 valence electrons. The molecule has 2 atom stereocenters. The lowest BCUT2D eigenvalue weighted by Gasteiger charge is -2.24. The van der Waals surface area contributed by atoms with Crippen LogP contribution in [0.15, 0.2) is 0 Å². The Morgan fingerprint density at radius 2 is 1.29 bits per heavy atom. The van der Waals surface area contributed by atoms with E-state index in [1.807, 2.05) is 0 Å². The molecule has 0 saturated carbocycles. The zero-order valence-corrected chi connectivity index (χ0v) is 14.0. The van der Waals surface area contributed by atoms with Crippen LogP contribution in [-0.2, 0) is 38.6 Å². The fourth-order valence-corrected chi connectivity index (χ4v) is 1.99. The summed E-state index contributed by atoms with van der Waals surface area (Å²) in [6.07, 6.45) is -12.6. The van der Waals surface area contributed by atoms with E-state index in [1.165, 1.54) is 0 Å². The van der Waals surface area contributed by atoms with Crippen LogP contribution in [0.3, 0.4) is 0 Å². The minimum atomic E-state index is -6.77. The smallest absolute Gasteiger partial charge is 0.451 e. The highest BCUT2D eigenvalue weighted by atomic mass is 32.2. The Morgan fingerprint density at radius 3 is 1.61 bits per heavy atom. The molecule has 0 aliphatic rings. The monoisotopic (exact) mass is 478 g/mol. The molecule has 0 amide bonds. The molecule has 2 unspecified atom stereocenters. The van der Waals surface area contributed by atoms with Crippen LogP contribution in [0.2, 0.25) is 0 Å². The summed E-state index contributed by atoms with van der Waals surface area (Å²) in [4.78, 5) is 22.1. The average Bonchev–Trinajstić information content (AvgIpc) is 2.51. The summed E-state index contributed by atoms with van der Waals surface area (Å²) < 4.78 is 141. The van der Waals surface area contributed by atoms with E-state index in [2.05, 4.69) is 18.8 Å². The number of alkyl halides is 8. The van der Waals surface area contributed by atoms with Gasteiger partial charge in [-0.15, -0.1) is 4.33 Å². The zero-order valence-electron chi connectivity index (χ0n) is 12.4. The van der Waals surface area contributed by atoms with E-state index in [-0.39, 0.29) is 0 Å². The van der Waals surface area contributed by atoms with Crippen molar-refractivity contribution in [2.24, 2.45) is 0 Å². The summed E-state index contributed by atoms with van der Waals surface area (Å²) in [5.74, 6) is -6.11. The van der Waals surface area contributed by atoms with Crippen LogP contribution in [0, 0.1) is 0 Å². The first-order valence-corrected chi connectivity index (χ1v) is 8.03. The molecule has 0 aliphatic heterocycles. The van der Waals surface area contributed by atoms with E-state index < -0.39 is 69.7 Å². The lowest BCUT2D eigenvalue weighted by atomic mass is 10.3. The van der Waals surface area contributed by atoms with Gasteiger partial charge in [0, 0.05) is 0 Å².